The quantitative estimate of drug-likeness (QED) is 0.0512. The Hall–Kier alpha value is -8.04. The van der Waals surface area contributed by atoms with Crippen LogP contribution in [-0.2, 0) is 66.6 Å². The molecule has 10 heterocycles. The number of hydrogen-bond acceptors (Lipinski definition) is 19. The van der Waals surface area contributed by atoms with Crippen LogP contribution in [0.25, 0.3) is 54.3 Å². The van der Waals surface area contributed by atoms with E-state index in [0.29, 0.717) is 46.3 Å². The lowest BCUT2D eigenvalue weighted by molar-refractivity contribution is -0.167. The molecule has 9 aromatic rings. The smallest absolute Gasteiger partial charge is 0.493 e. The van der Waals surface area contributed by atoms with E-state index in [4.69, 9.17) is 58.8 Å². The number of fused-ring (bicyclic) bond motifs is 3. The molecule has 3 unspecified atom stereocenters. The highest BCUT2D eigenvalue weighted by atomic mass is 35.5. The summed E-state index contributed by atoms with van der Waals surface area (Å²) in [4.78, 5) is 53.5. The van der Waals surface area contributed by atoms with Gasteiger partial charge in [0.2, 0.25) is 17.8 Å². The molecule has 3 atom stereocenters. The maximum atomic E-state index is 14.1. The fraction of sp³-hybridized carbons (Fsp3) is 0.435. The predicted octanol–water partition coefficient (Wildman–Crippen LogP) is 20.5. The number of hydrogen-bond donors (Lipinski definition) is 1. The van der Waals surface area contributed by atoms with Gasteiger partial charge in [-0.15, -0.1) is 34.0 Å². The highest BCUT2D eigenvalue weighted by Gasteiger charge is 2.52. The lowest BCUT2D eigenvalue weighted by Crippen LogP contribution is -2.41. The number of carboxylic acids is 1. The van der Waals surface area contributed by atoms with Crippen molar-refractivity contribution < 1.29 is 79.9 Å². The van der Waals surface area contributed by atoms with Crippen molar-refractivity contribution in [3.05, 3.63) is 180 Å². The number of pyridine rings is 3. The largest absolute Gasteiger partial charge is 0.495 e. The number of carbonyl (C=O) groups is 3. The lowest BCUT2D eigenvalue weighted by atomic mass is 9.80. The summed E-state index contributed by atoms with van der Waals surface area (Å²) in [6, 6.07) is 27.5. The van der Waals surface area contributed by atoms with Gasteiger partial charge in [-0.05, 0) is 274 Å². The second-order valence-electron chi connectivity index (χ2n) is 31.0. The first-order valence-electron chi connectivity index (χ1n) is 37.0. The third-order valence-corrected chi connectivity index (χ3v) is 22.3. The number of thiophene rings is 3. The van der Waals surface area contributed by atoms with Gasteiger partial charge in [0.05, 0.1) is 61.0 Å². The molecule has 0 saturated carbocycles. The summed E-state index contributed by atoms with van der Waals surface area (Å²) in [5, 5.41) is 10.1. The van der Waals surface area contributed by atoms with E-state index in [1.165, 1.54) is 76.4 Å². The molecule has 25 heteroatoms. The Morgan fingerprint density at radius 1 is 0.500 bits per heavy atom. The Labute approximate surface area is 660 Å². The molecule has 4 aliphatic rings. The summed E-state index contributed by atoms with van der Waals surface area (Å²) in [5.74, 6) is -0.886. The number of carbonyl (C=O) groups excluding carboxylic acids is 2. The monoisotopic (exact) mass is 1580 g/mol. The van der Waals surface area contributed by atoms with Gasteiger partial charge < -0.3 is 52.3 Å². The van der Waals surface area contributed by atoms with Crippen molar-refractivity contribution in [2.24, 2.45) is 0 Å². The number of rotatable bonds is 17. The molecule has 1 fully saturated rings. The normalized spacial score (nSPS) is 15.7. The minimum atomic E-state index is -1.16. The summed E-state index contributed by atoms with van der Waals surface area (Å²) in [7, 11) is -0.525. The van der Waals surface area contributed by atoms with E-state index in [1.807, 2.05) is 147 Å². The molecule has 110 heavy (non-hydrogen) atoms. The summed E-state index contributed by atoms with van der Waals surface area (Å²) in [5.41, 5.74) is 10.2. The Bertz CT molecular complexity index is 4770. The van der Waals surface area contributed by atoms with Crippen molar-refractivity contribution in [2.45, 2.75) is 209 Å². The van der Waals surface area contributed by atoms with E-state index in [-0.39, 0.29) is 6.61 Å². The Morgan fingerprint density at radius 2 is 0.845 bits per heavy atom. The molecule has 0 radical (unpaired) electrons. The molecule has 0 aliphatic carbocycles. The second-order valence-corrected chi connectivity index (χ2v) is 35.3. The van der Waals surface area contributed by atoms with Crippen molar-refractivity contribution in [1.29, 1.82) is 0 Å². The Balaban J connectivity index is 0.000000160. The molecule has 4 aliphatic heterocycles. The van der Waals surface area contributed by atoms with Gasteiger partial charge in [-0.1, -0.05) is 29.8 Å². The van der Waals surface area contributed by atoms with Crippen molar-refractivity contribution in [1.82, 2.24) is 15.0 Å². The summed E-state index contributed by atoms with van der Waals surface area (Å²) < 4.78 is 99.8. The number of esters is 2. The molecule has 0 bridgehead atoms. The van der Waals surface area contributed by atoms with Crippen LogP contribution >= 0.6 is 45.6 Å². The number of carboxylic acid groups (broad SMARTS) is 1. The van der Waals surface area contributed by atoms with Crippen LogP contribution in [0, 0.1) is 38.6 Å². The van der Waals surface area contributed by atoms with Crippen molar-refractivity contribution >= 4 is 76.1 Å². The molecule has 3 aromatic carbocycles. The number of ether oxygens (including phenoxy) is 8. The molecular formula is C85H98BClF3N3O14S3. The highest BCUT2D eigenvalue weighted by Crippen LogP contribution is 2.52. The van der Waals surface area contributed by atoms with Gasteiger partial charge in [0.15, 0.2) is 18.3 Å². The number of nitrogens with zero attached hydrogens (tertiary/aromatic N) is 3. The Kier molecular flexibility index (Phi) is 27.1. The van der Waals surface area contributed by atoms with Gasteiger partial charge in [-0.3, -0.25) is 0 Å². The molecule has 1 N–H and O–H groups in total. The summed E-state index contributed by atoms with van der Waals surface area (Å²) in [6.45, 7) is 37.0. The van der Waals surface area contributed by atoms with Gasteiger partial charge in [-0.25, -0.2) is 29.3 Å². The topological polar surface area (TPSA) is 202 Å². The van der Waals surface area contributed by atoms with Crippen LogP contribution in [0.4, 0.5) is 13.2 Å². The van der Waals surface area contributed by atoms with Crippen LogP contribution in [0.1, 0.15) is 189 Å². The highest BCUT2D eigenvalue weighted by molar-refractivity contribution is 7.17. The van der Waals surface area contributed by atoms with Crippen LogP contribution in [-0.4, -0.2) is 106 Å². The first kappa shape index (κ1) is 84.4. The zero-order valence-corrected chi connectivity index (χ0v) is 69.0. The molecule has 586 valence electrons. The first-order valence-corrected chi connectivity index (χ1v) is 39.8. The standard InChI is InChI=1S/C27H30FNO4S.C25H26FNO4S.C22H27ClO4S.C11H15BFNO2/c1-6-31-26(30)24(33-27(3,4)5)22-16(2)34-25(19-11-12-29-21(28)15-19)23(22)18-9-10-20-17(14-18)8-7-13-32-20;1-14-20(22(24(28)29)31-25(2,3)4)21(23(32-14)17-9-10-27-19(26)13-17)16-7-8-18-15(12-16)6-5-11-30-18;1-6-25-21(24)19(27-22(3,4)5)17-13(2)28-20(23)18(17)15-9-10-16-14(12-15)8-7-11-26-16;1-10(2)11(3,4)16-12(15-10)8-5-6-14-9(13)7-8/h9-12,14-15,24H,6-8,13H2,1-5H3;7-10,12-13,22H,5-6,11H2,1-4H3,(H,28,29);9-10,12,19H,6-8,11H2,1-5H3;5-7H,1-4H3. The van der Waals surface area contributed by atoms with Crippen molar-refractivity contribution in [3.8, 4) is 71.5 Å². The van der Waals surface area contributed by atoms with Crippen LogP contribution in [0.2, 0.25) is 4.34 Å². The first-order chi connectivity index (χ1) is 51.8. The fourth-order valence-corrected chi connectivity index (χ4v) is 17.1. The number of aryl methyl sites for hydroxylation is 6. The molecule has 17 nitrogen and oxygen atoms in total. The van der Waals surface area contributed by atoms with E-state index >= 15 is 0 Å². The van der Waals surface area contributed by atoms with Gasteiger partial charge >= 0.3 is 25.0 Å². The van der Waals surface area contributed by atoms with E-state index in [1.54, 1.807) is 32.0 Å². The van der Waals surface area contributed by atoms with E-state index in [0.717, 1.165) is 142 Å². The van der Waals surface area contributed by atoms with E-state index in [9.17, 15) is 32.7 Å². The lowest BCUT2D eigenvalue weighted by Gasteiger charge is -2.32. The minimum absolute atomic E-state index is 0.250. The predicted molar refractivity (Wildman–Crippen MR) is 428 cm³/mol. The van der Waals surface area contributed by atoms with Crippen LogP contribution < -0.4 is 19.7 Å². The summed E-state index contributed by atoms with van der Waals surface area (Å²) >= 11 is 11.1. The Morgan fingerprint density at radius 3 is 1.21 bits per heavy atom. The van der Waals surface area contributed by atoms with Crippen LogP contribution in [0.15, 0.2) is 110 Å². The van der Waals surface area contributed by atoms with Crippen LogP contribution in [0.5, 0.6) is 17.2 Å². The molecule has 0 amide bonds. The molecule has 0 spiro atoms. The number of halogens is 4. The van der Waals surface area contributed by atoms with Gasteiger partial charge in [0.1, 0.15) is 21.6 Å². The average Bonchev–Trinajstić information content (AvgIpc) is 1.60. The van der Waals surface area contributed by atoms with Gasteiger partial charge in [-0.2, -0.15) is 13.2 Å². The van der Waals surface area contributed by atoms with Crippen LogP contribution in [0.3, 0.4) is 0 Å². The minimum Gasteiger partial charge on any atom is -0.493 e. The molecule has 1 saturated heterocycles. The summed E-state index contributed by atoms with van der Waals surface area (Å²) in [6.07, 6.45) is 7.04. The molecule has 13 rings (SSSR count). The second kappa shape index (κ2) is 35.3. The molecular weight excluding hydrogens is 1490 g/mol. The zero-order valence-electron chi connectivity index (χ0n) is 65.8. The number of aliphatic carboxylic acids is 1. The maximum absolute atomic E-state index is 14.1. The van der Waals surface area contributed by atoms with Gasteiger partial charge in [0, 0.05) is 88.5 Å². The molecule has 6 aromatic heterocycles. The average molecular weight is 1590 g/mol. The SMILES string of the molecule is CC1(C)OB(c2ccnc(F)c2)OC1(C)C.CCOC(=O)C(OC(C)(C)C)c1c(C)sc(-c2ccnc(F)c2)c1-c1ccc2c(c1)CCCO2.CCOC(=O)C(OC(C)(C)C)c1c(C)sc(Cl)c1-c1ccc2c(c1)CCCO2.Cc1sc(-c2ccnc(F)c2)c(-c2ccc3c(c2)CCCO3)c1C(OC(C)(C)C)C(=O)O. The van der Waals surface area contributed by atoms with Gasteiger partial charge in [0.25, 0.3) is 0 Å². The number of benzene rings is 3. The van der Waals surface area contributed by atoms with Crippen molar-refractivity contribution in [3.63, 3.8) is 0 Å². The third kappa shape index (κ3) is 20.6. The fourth-order valence-electron chi connectivity index (χ4n) is 13.2. The van der Waals surface area contributed by atoms with Crippen molar-refractivity contribution in [2.75, 3.05) is 33.0 Å². The van der Waals surface area contributed by atoms with E-state index in [2.05, 4.69) is 33.2 Å². The third-order valence-electron chi connectivity index (χ3n) is 18.6. The zero-order chi connectivity index (χ0) is 79.9. The van der Waals surface area contributed by atoms with E-state index < -0.39 is 89.2 Å². The maximum Gasteiger partial charge on any atom is 0.495 e. The number of aromatic nitrogens is 3.